The predicted octanol–water partition coefficient (Wildman–Crippen LogP) is 0.787. The average molecular weight is 251 g/mol. The molecular weight excluding hydrogens is 242 g/mol. The largest absolute Gasteiger partial charge is 0.426 e. The van der Waals surface area contributed by atoms with Crippen LogP contribution in [-0.4, -0.2) is 24.7 Å². The summed E-state index contributed by atoms with van der Waals surface area (Å²) in [7, 11) is 0.291. The van der Waals surface area contributed by atoms with Gasteiger partial charge in [-0.2, -0.15) is 0 Å². The fraction of sp³-hybridized carbons (Fsp3) is 0. The first kappa shape index (κ1) is 10.9. The van der Waals surface area contributed by atoms with Crippen molar-refractivity contribution in [3.63, 3.8) is 0 Å². The van der Waals surface area contributed by atoms with E-state index in [9.17, 15) is 0 Å². The summed E-state index contributed by atoms with van der Waals surface area (Å²) in [5.74, 6) is 0.550. The maximum Gasteiger partial charge on any atom is 0.247 e. The zero-order chi connectivity index (χ0) is 12.2. The summed E-state index contributed by atoms with van der Waals surface area (Å²) >= 11 is 0. The quantitative estimate of drug-likeness (QED) is 0.646. The lowest BCUT2D eigenvalue weighted by atomic mass is 10.2. The standard InChI is InChI=1S/C13H9N3OSi/c1-2-6-10(7-3-1)12-15-16-13(17-12)18-11-8-4-5-9-14-11/h1-9H. The Morgan fingerprint density at radius 2 is 1.72 bits per heavy atom. The maximum atomic E-state index is 5.62. The van der Waals surface area contributed by atoms with Crippen LogP contribution in [-0.2, 0) is 0 Å². The molecule has 0 fully saturated rings. The molecule has 0 saturated heterocycles. The molecule has 0 aliphatic rings. The number of pyridine rings is 1. The first-order valence-electron chi connectivity index (χ1n) is 5.49. The molecule has 0 atom stereocenters. The monoisotopic (exact) mass is 251 g/mol. The van der Waals surface area contributed by atoms with Crippen LogP contribution >= 0.6 is 0 Å². The summed E-state index contributed by atoms with van der Waals surface area (Å²) < 4.78 is 5.62. The first-order valence-corrected chi connectivity index (χ1v) is 6.49. The van der Waals surface area contributed by atoms with E-state index in [1.54, 1.807) is 6.20 Å². The summed E-state index contributed by atoms with van der Waals surface area (Å²) in [6.07, 6.45) is 1.76. The van der Waals surface area contributed by atoms with Crippen LogP contribution in [0.4, 0.5) is 0 Å². The topological polar surface area (TPSA) is 51.8 Å². The van der Waals surface area contributed by atoms with Gasteiger partial charge in [0.2, 0.25) is 15.4 Å². The van der Waals surface area contributed by atoms with E-state index in [0.29, 0.717) is 20.9 Å². The molecule has 3 rings (SSSR count). The van der Waals surface area contributed by atoms with Crippen LogP contribution in [0.3, 0.4) is 0 Å². The van der Waals surface area contributed by atoms with E-state index < -0.39 is 0 Å². The van der Waals surface area contributed by atoms with E-state index in [-0.39, 0.29) is 0 Å². The Morgan fingerprint density at radius 3 is 2.50 bits per heavy atom. The Balaban J connectivity index is 1.82. The van der Waals surface area contributed by atoms with E-state index >= 15 is 0 Å². The second-order valence-electron chi connectivity index (χ2n) is 3.62. The molecule has 3 aromatic rings. The summed E-state index contributed by atoms with van der Waals surface area (Å²) in [6.45, 7) is 0. The van der Waals surface area contributed by atoms with Gasteiger partial charge in [-0.1, -0.05) is 24.3 Å². The summed E-state index contributed by atoms with van der Waals surface area (Å²) in [5.41, 5.74) is 1.54. The van der Waals surface area contributed by atoms with Crippen molar-refractivity contribution in [2.75, 3.05) is 0 Å². The summed E-state index contributed by atoms with van der Waals surface area (Å²) in [4.78, 5) is 4.24. The molecule has 86 valence electrons. The van der Waals surface area contributed by atoms with E-state index in [2.05, 4.69) is 15.2 Å². The number of rotatable bonds is 3. The lowest BCUT2D eigenvalue weighted by Gasteiger charge is -1.93. The molecule has 5 heteroatoms. The first-order chi connectivity index (χ1) is 8.92. The predicted molar refractivity (Wildman–Crippen MR) is 69.0 cm³/mol. The third-order valence-corrected chi connectivity index (χ3v) is 3.31. The van der Waals surface area contributed by atoms with Crippen LogP contribution in [0.25, 0.3) is 11.5 Å². The van der Waals surface area contributed by atoms with E-state index in [0.717, 1.165) is 10.9 Å². The summed E-state index contributed by atoms with van der Waals surface area (Å²) in [6, 6.07) is 15.5. The van der Waals surface area contributed by atoms with Crippen molar-refractivity contribution in [2.45, 2.75) is 0 Å². The van der Waals surface area contributed by atoms with Crippen molar-refractivity contribution in [3.05, 3.63) is 54.7 Å². The van der Waals surface area contributed by atoms with Crippen LogP contribution in [0, 0.1) is 0 Å². The number of benzene rings is 1. The molecule has 0 saturated carbocycles. The molecule has 18 heavy (non-hydrogen) atoms. The molecule has 4 nitrogen and oxygen atoms in total. The Kier molecular flexibility index (Phi) is 2.97. The molecule has 0 N–H and O–H groups in total. The highest BCUT2D eigenvalue weighted by atomic mass is 28.2. The van der Waals surface area contributed by atoms with Gasteiger partial charge in [-0.05, 0) is 24.3 Å². The Bertz CT molecular complexity index is 625. The Hall–Kier alpha value is -2.27. The van der Waals surface area contributed by atoms with Gasteiger partial charge in [0.15, 0.2) is 5.51 Å². The lowest BCUT2D eigenvalue weighted by Crippen LogP contribution is -2.30. The van der Waals surface area contributed by atoms with Gasteiger partial charge in [0.1, 0.15) is 0 Å². The molecule has 0 spiro atoms. The third kappa shape index (κ3) is 2.35. The molecule has 0 bridgehead atoms. The van der Waals surface area contributed by atoms with Gasteiger partial charge in [0.05, 0.1) is 0 Å². The highest BCUT2D eigenvalue weighted by Crippen LogP contribution is 2.13. The van der Waals surface area contributed by atoms with Crippen LogP contribution in [0.5, 0.6) is 0 Å². The van der Waals surface area contributed by atoms with Crippen molar-refractivity contribution in [3.8, 4) is 11.5 Å². The average Bonchev–Trinajstić information content (AvgIpc) is 2.89. The van der Waals surface area contributed by atoms with E-state index in [1.807, 2.05) is 48.5 Å². The van der Waals surface area contributed by atoms with Crippen LogP contribution in [0.1, 0.15) is 0 Å². The minimum Gasteiger partial charge on any atom is -0.426 e. The zero-order valence-electron chi connectivity index (χ0n) is 9.45. The molecule has 0 unspecified atom stereocenters. The molecule has 0 aliphatic heterocycles. The maximum absolute atomic E-state index is 5.62. The molecule has 1 aromatic carbocycles. The normalized spacial score (nSPS) is 10.4. The van der Waals surface area contributed by atoms with Gasteiger partial charge in [0, 0.05) is 17.1 Å². The number of nitrogens with zero attached hydrogens (tertiary/aromatic N) is 3. The minimum atomic E-state index is 0.291. The summed E-state index contributed by atoms with van der Waals surface area (Å²) in [5, 5.41) is 9.03. The van der Waals surface area contributed by atoms with Gasteiger partial charge in [0.25, 0.3) is 0 Å². The number of hydrogen-bond donors (Lipinski definition) is 0. The Morgan fingerprint density at radius 1 is 0.889 bits per heavy atom. The fourth-order valence-corrected chi connectivity index (χ4v) is 2.30. The number of aromatic nitrogens is 3. The Labute approximate surface area is 107 Å². The van der Waals surface area contributed by atoms with Gasteiger partial charge < -0.3 is 4.42 Å². The number of hydrogen-bond acceptors (Lipinski definition) is 4. The van der Waals surface area contributed by atoms with Crippen molar-refractivity contribution in [1.29, 1.82) is 0 Å². The lowest BCUT2D eigenvalue weighted by molar-refractivity contribution is 0.604. The molecule has 2 aromatic heterocycles. The van der Waals surface area contributed by atoms with Crippen molar-refractivity contribution < 1.29 is 4.42 Å². The third-order valence-electron chi connectivity index (χ3n) is 2.35. The van der Waals surface area contributed by atoms with Crippen LogP contribution in [0.2, 0.25) is 0 Å². The van der Waals surface area contributed by atoms with Crippen molar-refractivity contribution >= 4 is 20.4 Å². The van der Waals surface area contributed by atoms with Gasteiger partial charge in [-0.15, -0.1) is 10.2 Å². The second-order valence-corrected chi connectivity index (χ2v) is 4.81. The van der Waals surface area contributed by atoms with Gasteiger partial charge in [-0.25, -0.2) is 0 Å². The molecular formula is C13H9N3OSi. The van der Waals surface area contributed by atoms with E-state index in [4.69, 9.17) is 4.42 Å². The zero-order valence-corrected chi connectivity index (χ0v) is 10.4. The van der Waals surface area contributed by atoms with Crippen molar-refractivity contribution in [2.24, 2.45) is 0 Å². The molecule has 2 radical (unpaired) electrons. The van der Waals surface area contributed by atoms with Crippen LogP contribution in [0.15, 0.2) is 59.1 Å². The minimum absolute atomic E-state index is 0.291. The smallest absolute Gasteiger partial charge is 0.247 e. The second kappa shape index (κ2) is 4.93. The molecule has 0 aliphatic carbocycles. The highest BCUT2D eigenvalue weighted by Gasteiger charge is 2.10. The van der Waals surface area contributed by atoms with Gasteiger partial charge in [-0.3, -0.25) is 4.98 Å². The SMILES string of the molecule is c1ccc(-c2nnc([Si]c3ccccn3)o2)cc1. The highest BCUT2D eigenvalue weighted by molar-refractivity contribution is 6.64. The fourth-order valence-electron chi connectivity index (χ4n) is 1.52. The van der Waals surface area contributed by atoms with E-state index in [1.165, 1.54) is 0 Å². The van der Waals surface area contributed by atoms with Gasteiger partial charge >= 0.3 is 0 Å². The van der Waals surface area contributed by atoms with Crippen molar-refractivity contribution in [1.82, 2.24) is 15.2 Å². The molecule has 2 heterocycles. The molecule has 0 amide bonds. The van der Waals surface area contributed by atoms with Crippen LogP contribution < -0.4 is 10.8 Å².